The summed E-state index contributed by atoms with van der Waals surface area (Å²) in [6.07, 6.45) is 2.20. The van der Waals surface area contributed by atoms with E-state index in [2.05, 4.69) is 15.5 Å². The van der Waals surface area contributed by atoms with Crippen LogP contribution in [-0.2, 0) is 11.3 Å². The first-order chi connectivity index (χ1) is 13.3. The number of benzene rings is 1. The van der Waals surface area contributed by atoms with Crippen molar-refractivity contribution >= 4 is 46.5 Å². The number of rotatable bonds is 6. The van der Waals surface area contributed by atoms with E-state index in [-0.39, 0.29) is 5.91 Å². The second-order valence-corrected chi connectivity index (χ2v) is 7.65. The summed E-state index contributed by atoms with van der Waals surface area (Å²) < 4.78 is 3.28. The van der Waals surface area contributed by atoms with Gasteiger partial charge in [0, 0.05) is 11.2 Å². The maximum atomic E-state index is 12.8. The predicted molar refractivity (Wildman–Crippen MR) is 112 cm³/mol. The first-order valence-electron chi connectivity index (χ1n) is 8.80. The second kappa shape index (κ2) is 8.55. The lowest BCUT2D eigenvalue weighted by Crippen LogP contribution is -2.27. The Labute approximate surface area is 178 Å². The molecule has 0 saturated heterocycles. The Morgan fingerprint density at radius 3 is 2.46 bits per heavy atom. The van der Waals surface area contributed by atoms with Gasteiger partial charge in [-0.1, -0.05) is 59.9 Å². The molecule has 0 fully saturated rings. The minimum atomic E-state index is -0.518. The largest absolute Gasteiger partial charge is 0.306 e. The third kappa shape index (κ3) is 4.19. The third-order valence-corrected chi connectivity index (χ3v) is 5.66. The van der Waals surface area contributed by atoms with Crippen LogP contribution in [0.1, 0.15) is 36.3 Å². The second-order valence-electron chi connectivity index (χ2n) is 6.46. The van der Waals surface area contributed by atoms with Gasteiger partial charge in [0.2, 0.25) is 5.91 Å². The lowest BCUT2D eigenvalue weighted by molar-refractivity contribution is -0.119. The van der Waals surface area contributed by atoms with E-state index in [1.165, 1.54) is 0 Å². The van der Waals surface area contributed by atoms with Crippen LogP contribution in [0.4, 0.5) is 5.82 Å². The van der Waals surface area contributed by atoms with Gasteiger partial charge in [-0.15, -0.1) is 0 Å². The zero-order valence-corrected chi connectivity index (χ0v) is 18.0. The van der Waals surface area contributed by atoms with Gasteiger partial charge in [0.25, 0.3) is 0 Å². The Morgan fingerprint density at radius 2 is 1.86 bits per heavy atom. The molecular weight excluding hydrogens is 421 g/mol. The molecule has 0 aliphatic rings. The number of aryl methyl sites for hydroxylation is 1. The molecule has 1 unspecified atom stereocenters. The molecule has 0 aliphatic carbocycles. The van der Waals surface area contributed by atoms with Gasteiger partial charge in [-0.05, 0) is 31.9 Å². The molecule has 9 heteroatoms. The lowest BCUT2D eigenvalue weighted by Gasteiger charge is -2.16. The SMILES string of the molecule is CCC(C(=O)Nc1nn(Cc2ccccc2Cl)cc1Cl)n1nc(C)c(Cl)c1C. The molecule has 0 aliphatic heterocycles. The van der Waals surface area contributed by atoms with Crippen LogP contribution < -0.4 is 5.32 Å². The first kappa shape index (κ1) is 20.7. The average Bonchev–Trinajstić information content (AvgIpc) is 3.12. The standard InChI is InChI=1S/C19H20Cl3N5O/c1-4-16(27-12(3)17(22)11(2)24-27)19(28)23-18-15(21)10-26(25-18)9-13-7-5-6-8-14(13)20/h5-8,10,16H,4,9H2,1-3H3,(H,23,25,28). The first-order valence-corrected chi connectivity index (χ1v) is 9.93. The molecular formula is C19H20Cl3N5O. The van der Waals surface area contributed by atoms with Crippen molar-refractivity contribution in [2.24, 2.45) is 0 Å². The zero-order chi connectivity index (χ0) is 20.4. The van der Waals surface area contributed by atoms with Gasteiger partial charge in [-0.2, -0.15) is 10.2 Å². The van der Waals surface area contributed by atoms with Crippen molar-refractivity contribution in [1.82, 2.24) is 19.6 Å². The monoisotopic (exact) mass is 439 g/mol. The topological polar surface area (TPSA) is 64.7 Å². The fraction of sp³-hybridized carbons (Fsp3) is 0.316. The van der Waals surface area contributed by atoms with Crippen molar-refractivity contribution < 1.29 is 4.79 Å². The van der Waals surface area contributed by atoms with E-state index in [0.29, 0.717) is 39.5 Å². The highest BCUT2D eigenvalue weighted by Crippen LogP contribution is 2.26. The minimum Gasteiger partial charge on any atom is -0.306 e. The van der Waals surface area contributed by atoms with Crippen LogP contribution in [0.2, 0.25) is 15.1 Å². The van der Waals surface area contributed by atoms with Crippen LogP contribution in [-0.4, -0.2) is 25.5 Å². The van der Waals surface area contributed by atoms with E-state index >= 15 is 0 Å². The summed E-state index contributed by atoms with van der Waals surface area (Å²) in [5, 5.41) is 13.1. The van der Waals surface area contributed by atoms with E-state index < -0.39 is 6.04 Å². The zero-order valence-electron chi connectivity index (χ0n) is 15.7. The smallest absolute Gasteiger partial charge is 0.250 e. The van der Waals surface area contributed by atoms with Gasteiger partial charge in [0.1, 0.15) is 11.1 Å². The normalized spacial score (nSPS) is 12.2. The Kier molecular flexibility index (Phi) is 6.33. The Balaban J connectivity index is 1.79. The predicted octanol–water partition coefficient (Wildman–Crippen LogP) is 5.29. The number of nitrogens with zero attached hydrogens (tertiary/aromatic N) is 4. The van der Waals surface area contributed by atoms with Crippen molar-refractivity contribution in [2.75, 3.05) is 5.32 Å². The van der Waals surface area contributed by atoms with Crippen molar-refractivity contribution in [3.8, 4) is 0 Å². The molecule has 2 aromatic heterocycles. The summed E-state index contributed by atoms with van der Waals surface area (Å²) in [6, 6.07) is 6.98. The molecule has 3 rings (SSSR count). The number of nitrogens with one attached hydrogen (secondary N) is 1. The van der Waals surface area contributed by atoms with Gasteiger partial charge < -0.3 is 5.32 Å². The van der Waals surface area contributed by atoms with Crippen molar-refractivity contribution in [3.63, 3.8) is 0 Å². The number of carbonyl (C=O) groups excluding carboxylic acids is 1. The fourth-order valence-electron chi connectivity index (χ4n) is 2.98. The number of aromatic nitrogens is 4. The lowest BCUT2D eigenvalue weighted by atomic mass is 10.2. The molecule has 148 valence electrons. The molecule has 0 saturated carbocycles. The molecule has 1 N–H and O–H groups in total. The van der Waals surface area contributed by atoms with Crippen molar-refractivity contribution in [3.05, 3.63) is 62.5 Å². The number of amides is 1. The van der Waals surface area contributed by atoms with Crippen LogP contribution in [0.25, 0.3) is 0 Å². The van der Waals surface area contributed by atoms with Gasteiger partial charge in [0.15, 0.2) is 5.82 Å². The molecule has 0 spiro atoms. The third-order valence-electron chi connectivity index (χ3n) is 4.47. The summed E-state index contributed by atoms with van der Waals surface area (Å²) in [7, 11) is 0. The summed E-state index contributed by atoms with van der Waals surface area (Å²) in [6.45, 7) is 6.00. The highest BCUT2D eigenvalue weighted by Gasteiger charge is 2.24. The average molecular weight is 441 g/mol. The number of carbonyl (C=O) groups is 1. The number of hydrogen-bond acceptors (Lipinski definition) is 3. The highest BCUT2D eigenvalue weighted by molar-refractivity contribution is 6.33. The molecule has 3 aromatic rings. The van der Waals surface area contributed by atoms with E-state index in [1.807, 2.05) is 45.0 Å². The minimum absolute atomic E-state index is 0.255. The van der Waals surface area contributed by atoms with Gasteiger partial charge in [-0.3, -0.25) is 14.2 Å². The summed E-state index contributed by atoms with van der Waals surface area (Å²) in [4.78, 5) is 12.8. The molecule has 0 bridgehead atoms. The van der Waals surface area contributed by atoms with E-state index in [1.54, 1.807) is 15.6 Å². The van der Waals surface area contributed by atoms with Gasteiger partial charge in [-0.25, -0.2) is 0 Å². The maximum absolute atomic E-state index is 12.8. The quantitative estimate of drug-likeness (QED) is 0.566. The van der Waals surface area contributed by atoms with Gasteiger partial charge in [0.05, 0.1) is 23.0 Å². The van der Waals surface area contributed by atoms with Crippen LogP contribution in [0.3, 0.4) is 0 Å². The molecule has 2 heterocycles. The highest BCUT2D eigenvalue weighted by atomic mass is 35.5. The molecule has 28 heavy (non-hydrogen) atoms. The number of hydrogen-bond donors (Lipinski definition) is 1. The number of anilines is 1. The number of halogens is 3. The van der Waals surface area contributed by atoms with Crippen LogP contribution >= 0.6 is 34.8 Å². The summed E-state index contributed by atoms with van der Waals surface area (Å²) in [5.41, 5.74) is 2.34. The van der Waals surface area contributed by atoms with Crippen molar-refractivity contribution in [1.29, 1.82) is 0 Å². The van der Waals surface area contributed by atoms with Crippen LogP contribution in [0.5, 0.6) is 0 Å². The van der Waals surface area contributed by atoms with Gasteiger partial charge >= 0.3 is 0 Å². The summed E-state index contributed by atoms with van der Waals surface area (Å²) in [5.74, 6) is 0.0412. The molecule has 1 atom stereocenters. The maximum Gasteiger partial charge on any atom is 0.250 e. The fourth-order valence-corrected chi connectivity index (χ4v) is 3.50. The Bertz CT molecular complexity index is 1010. The Morgan fingerprint density at radius 1 is 1.14 bits per heavy atom. The summed E-state index contributed by atoms with van der Waals surface area (Å²) >= 11 is 18.7. The van der Waals surface area contributed by atoms with E-state index in [0.717, 1.165) is 11.3 Å². The molecule has 6 nitrogen and oxygen atoms in total. The molecule has 0 radical (unpaired) electrons. The molecule has 1 amide bonds. The molecule has 1 aromatic carbocycles. The van der Waals surface area contributed by atoms with Crippen LogP contribution in [0.15, 0.2) is 30.5 Å². The van der Waals surface area contributed by atoms with Crippen molar-refractivity contribution in [2.45, 2.75) is 39.8 Å². The van der Waals surface area contributed by atoms with E-state index in [9.17, 15) is 4.79 Å². The Hall–Kier alpha value is -2.02. The van der Waals surface area contributed by atoms with E-state index in [4.69, 9.17) is 34.8 Å². The van der Waals surface area contributed by atoms with Crippen LogP contribution in [0, 0.1) is 13.8 Å².